The van der Waals surface area contributed by atoms with Gasteiger partial charge in [-0.05, 0) is 56.5 Å². The summed E-state index contributed by atoms with van der Waals surface area (Å²) < 4.78 is 0. The zero-order chi connectivity index (χ0) is 16.2. The number of likely N-dealkylation sites (tertiary alicyclic amines) is 2. The SMILES string of the molecule is O=C(O)c1ccc(C2CCCN(CCN3CCCC3)C2=O)cc1. The minimum Gasteiger partial charge on any atom is -0.478 e. The van der Waals surface area contributed by atoms with E-state index in [1.807, 2.05) is 4.90 Å². The molecule has 0 spiro atoms. The van der Waals surface area contributed by atoms with E-state index in [-0.39, 0.29) is 17.4 Å². The fourth-order valence-corrected chi connectivity index (χ4v) is 3.60. The highest BCUT2D eigenvalue weighted by atomic mass is 16.4. The standard InChI is InChI=1S/C18H24N2O3/c21-17-16(14-5-7-15(8-6-14)18(22)23)4-3-11-20(17)13-12-19-9-1-2-10-19/h5-8,16H,1-4,9-13H2,(H,22,23). The molecule has 1 aromatic carbocycles. The molecule has 2 saturated heterocycles. The molecule has 1 N–H and O–H groups in total. The van der Waals surface area contributed by atoms with Crippen molar-refractivity contribution in [3.63, 3.8) is 0 Å². The molecule has 1 aromatic rings. The lowest BCUT2D eigenvalue weighted by Crippen LogP contribution is -2.43. The van der Waals surface area contributed by atoms with Crippen molar-refractivity contribution >= 4 is 11.9 Å². The predicted molar refractivity (Wildman–Crippen MR) is 87.6 cm³/mol. The third-order valence-corrected chi connectivity index (χ3v) is 4.98. The largest absolute Gasteiger partial charge is 0.478 e. The van der Waals surface area contributed by atoms with Crippen LogP contribution in [0.25, 0.3) is 0 Å². The maximum Gasteiger partial charge on any atom is 0.335 e. The molecule has 5 heteroatoms. The summed E-state index contributed by atoms with van der Waals surface area (Å²) in [7, 11) is 0. The Kier molecular flexibility index (Phi) is 4.96. The van der Waals surface area contributed by atoms with Crippen molar-refractivity contribution in [1.82, 2.24) is 9.80 Å². The second kappa shape index (κ2) is 7.13. The predicted octanol–water partition coefficient (Wildman–Crippen LogP) is 2.19. The van der Waals surface area contributed by atoms with Crippen LogP contribution in [0.15, 0.2) is 24.3 Å². The van der Waals surface area contributed by atoms with E-state index in [1.54, 1.807) is 24.3 Å². The van der Waals surface area contributed by atoms with Gasteiger partial charge in [0.1, 0.15) is 0 Å². The molecule has 124 valence electrons. The molecule has 23 heavy (non-hydrogen) atoms. The normalized spacial score (nSPS) is 22.5. The topological polar surface area (TPSA) is 60.9 Å². The summed E-state index contributed by atoms with van der Waals surface area (Å²) in [6.45, 7) is 4.93. The summed E-state index contributed by atoms with van der Waals surface area (Å²) in [6.07, 6.45) is 4.40. The molecule has 0 aliphatic carbocycles. The average Bonchev–Trinajstić information content (AvgIpc) is 3.07. The van der Waals surface area contributed by atoms with Gasteiger partial charge in [-0.1, -0.05) is 12.1 Å². The number of carboxylic acid groups (broad SMARTS) is 1. The van der Waals surface area contributed by atoms with Gasteiger partial charge in [0, 0.05) is 19.6 Å². The maximum atomic E-state index is 12.7. The van der Waals surface area contributed by atoms with Crippen molar-refractivity contribution < 1.29 is 14.7 Å². The van der Waals surface area contributed by atoms with Gasteiger partial charge < -0.3 is 14.9 Å². The van der Waals surface area contributed by atoms with E-state index in [0.29, 0.717) is 0 Å². The van der Waals surface area contributed by atoms with Crippen LogP contribution in [0.2, 0.25) is 0 Å². The number of amides is 1. The second-order valence-corrected chi connectivity index (χ2v) is 6.50. The third kappa shape index (κ3) is 3.72. The van der Waals surface area contributed by atoms with Crippen LogP contribution >= 0.6 is 0 Å². The summed E-state index contributed by atoms with van der Waals surface area (Å²) in [4.78, 5) is 28.1. The lowest BCUT2D eigenvalue weighted by Gasteiger charge is -2.33. The number of carbonyl (C=O) groups excluding carboxylic acids is 1. The molecule has 0 bridgehead atoms. The first-order valence-corrected chi connectivity index (χ1v) is 8.49. The third-order valence-electron chi connectivity index (χ3n) is 4.98. The number of aromatic carboxylic acids is 1. The van der Waals surface area contributed by atoms with Crippen molar-refractivity contribution in [2.45, 2.75) is 31.6 Å². The smallest absolute Gasteiger partial charge is 0.335 e. The zero-order valence-corrected chi connectivity index (χ0v) is 13.4. The molecular weight excluding hydrogens is 292 g/mol. The molecule has 2 aliphatic rings. The number of nitrogens with zero attached hydrogens (tertiary/aromatic N) is 2. The molecule has 2 fully saturated rings. The number of benzene rings is 1. The molecule has 0 saturated carbocycles. The number of carbonyl (C=O) groups is 2. The fraction of sp³-hybridized carbons (Fsp3) is 0.556. The Balaban J connectivity index is 1.62. The van der Waals surface area contributed by atoms with Gasteiger partial charge in [-0.3, -0.25) is 4.79 Å². The van der Waals surface area contributed by atoms with E-state index < -0.39 is 5.97 Å². The minimum atomic E-state index is -0.932. The molecule has 0 aromatic heterocycles. The van der Waals surface area contributed by atoms with E-state index in [2.05, 4.69) is 4.90 Å². The number of carboxylic acids is 1. The Bertz CT molecular complexity index is 564. The van der Waals surface area contributed by atoms with E-state index >= 15 is 0 Å². The van der Waals surface area contributed by atoms with E-state index in [1.165, 1.54) is 12.8 Å². The van der Waals surface area contributed by atoms with Crippen LogP contribution in [-0.2, 0) is 4.79 Å². The number of hydrogen-bond acceptors (Lipinski definition) is 3. The lowest BCUT2D eigenvalue weighted by atomic mass is 9.89. The van der Waals surface area contributed by atoms with Gasteiger partial charge in [0.25, 0.3) is 0 Å². The average molecular weight is 316 g/mol. The van der Waals surface area contributed by atoms with Gasteiger partial charge in [-0.25, -0.2) is 4.79 Å². The van der Waals surface area contributed by atoms with Crippen LogP contribution in [0.1, 0.15) is 47.5 Å². The molecule has 0 radical (unpaired) electrons. The molecule has 1 atom stereocenters. The summed E-state index contributed by atoms with van der Waals surface area (Å²) >= 11 is 0. The van der Waals surface area contributed by atoms with Crippen LogP contribution in [0.5, 0.6) is 0 Å². The van der Waals surface area contributed by atoms with E-state index in [9.17, 15) is 9.59 Å². The molecule has 3 rings (SSSR count). The Morgan fingerprint density at radius 3 is 2.39 bits per heavy atom. The summed E-state index contributed by atoms with van der Waals surface area (Å²) in [5.74, 6) is -0.859. The molecule has 5 nitrogen and oxygen atoms in total. The van der Waals surface area contributed by atoms with Gasteiger partial charge >= 0.3 is 5.97 Å². The first-order chi connectivity index (χ1) is 11.1. The van der Waals surface area contributed by atoms with Crippen molar-refractivity contribution in [2.24, 2.45) is 0 Å². The lowest BCUT2D eigenvalue weighted by molar-refractivity contribution is -0.135. The Morgan fingerprint density at radius 1 is 1.04 bits per heavy atom. The summed E-state index contributed by atoms with van der Waals surface area (Å²) in [5.41, 5.74) is 1.20. The first kappa shape index (κ1) is 16.0. The van der Waals surface area contributed by atoms with Gasteiger partial charge in [-0.15, -0.1) is 0 Å². The quantitative estimate of drug-likeness (QED) is 0.904. The van der Waals surface area contributed by atoms with Crippen LogP contribution < -0.4 is 0 Å². The van der Waals surface area contributed by atoms with Crippen LogP contribution in [0, 0.1) is 0 Å². The van der Waals surface area contributed by atoms with Crippen LogP contribution in [0.4, 0.5) is 0 Å². The van der Waals surface area contributed by atoms with E-state index in [4.69, 9.17) is 5.11 Å². The molecule has 1 unspecified atom stereocenters. The second-order valence-electron chi connectivity index (χ2n) is 6.50. The first-order valence-electron chi connectivity index (χ1n) is 8.49. The van der Waals surface area contributed by atoms with Gasteiger partial charge in [-0.2, -0.15) is 0 Å². The number of piperidine rings is 1. The number of hydrogen-bond donors (Lipinski definition) is 1. The fourth-order valence-electron chi connectivity index (χ4n) is 3.60. The zero-order valence-electron chi connectivity index (χ0n) is 13.4. The van der Waals surface area contributed by atoms with Crippen LogP contribution in [-0.4, -0.2) is 59.5 Å². The number of rotatable bonds is 5. The van der Waals surface area contributed by atoms with Gasteiger partial charge in [0.05, 0.1) is 11.5 Å². The van der Waals surface area contributed by atoms with Crippen molar-refractivity contribution in [3.8, 4) is 0 Å². The molecule has 1 amide bonds. The Hall–Kier alpha value is -1.88. The van der Waals surface area contributed by atoms with Crippen molar-refractivity contribution in [3.05, 3.63) is 35.4 Å². The summed E-state index contributed by atoms with van der Waals surface area (Å²) in [5, 5.41) is 8.97. The monoisotopic (exact) mass is 316 g/mol. The van der Waals surface area contributed by atoms with Crippen molar-refractivity contribution in [2.75, 3.05) is 32.7 Å². The highest BCUT2D eigenvalue weighted by Crippen LogP contribution is 2.28. The molecule has 2 heterocycles. The molecular formula is C18H24N2O3. The van der Waals surface area contributed by atoms with Gasteiger partial charge in [0.15, 0.2) is 0 Å². The minimum absolute atomic E-state index is 0.120. The Morgan fingerprint density at radius 2 is 1.74 bits per heavy atom. The molecule has 2 aliphatic heterocycles. The van der Waals surface area contributed by atoms with Gasteiger partial charge in [0.2, 0.25) is 5.91 Å². The van der Waals surface area contributed by atoms with Crippen molar-refractivity contribution in [1.29, 1.82) is 0 Å². The summed E-state index contributed by atoms with van der Waals surface area (Å²) in [6, 6.07) is 6.76. The maximum absolute atomic E-state index is 12.7. The van der Waals surface area contributed by atoms with Crippen LogP contribution in [0.3, 0.4) is 0 Å². The highest BCUT2D eigenvalue weighted by molar-refractivity contribution is 5.88. The Labute approximate surface area is 136 Å². The highest BCUT2D eigenvalue weighted by Gasteiger charge is 2.30. The van der Waals surface area contributed by atoms with E-state index in [0.717, 1.165) is 51.1 Å².